The van der Waals surface area contributed by atoms with Gasteiger partial charge in [0.1, 0.15) is 0 Å². The molecule has 0 fully saturated rings. The van der Waals surface area contributed by atoms with Crippen LogP contribution in [-0.2, 0) is 6.42 Å². The first-order chi connectivity index (χ1) is 16.8. The molecule has 0 saturated carbocycles. The van der Waals surface area contributed by atoms with E-state index in [-0.39, 0.29) is 40.4 Å². The second-order valence-electron chi connectivity index (χ2n) is 8.93. The highest BCUT2D eigenvalue weighted by Crippen LogP contribution is 2.41. The molecule has 8 nitrogen and oxygen atoms in total. The fourth-order valence-corrected chi connectivity index (χ4v) is 4.24. The van der Waals surface area contributed by atoms with Gasteiger partial charge in [-0.15, -0.1) is 0 Å². The Labute approximate surface area is 203 Å². The van der Waals surface area contributed by atoms with Crippen molar-refractivity contribution < 1.29 is 35.1 Å². The van der Waals surface area contributed by atoms with Gasteiger partial charge in [-0.3, -0.25) is 4.79 Å². The summed E-state index contributed by atoms with van der Waals surface area (Å²) in [5, 5.41) is 59.4. The van der Waals surface area contributed by atoms with Crippen LogP contribution >= 0.6 is 0 Å². The Morgan fingerprint density at radius 2 is 1.26 bits per heavy atom. The zero-order chi connectivity index (χ0) is 25.4. The van der Waals surface area contributed by atoms with Gasteiger partial charge >= 0.3 is 0 Å². The summed E-state index contributed by atoms with van der Waals surface area (Å²) in [6, 6.07) is 5.05. The van der Waals surface area contributed by atoms with Gasteiger partial charge in [-0.1, -0.05) is 51.4 Å². The van der Waals surface area contributed by atoms with E-state index in [1.165, 1.54) is 37.5 Å². The Bertz CT molecular complexity index is 1200. The van der Waals surface area contributed by atoms with Gasteiger partial charge < -0.3 is 35.1 Å². The monoisotopic (exact) mass is 486 g/mol. The molecule has 0 aliphatic heterocycles. The molecular weight excluding hydrogens is 452 g/mol. The van der Waals surface area contributed by atoms with E-state index in [4.69, 9.17) is 9.52 Å². The van der Waals surface area contributed by atoms with Crippen molar-refractivity contribution in [2.45, 2.75) is 70.6 Å². The number of fused-ring (bicyclic) bond motifs is 1. The zero-order valence-corrected chi connectivity index (χ0v) is 19.8. The number of hydrogen-bond donors (Lipinski definition) is 6. The fourth-order valence-electron chi connectivity index (χ4n) is 4.24. The molecule has 1 aromatic heterocycles. The number of aliphatic hydroxyl groups excluding tert-OH is 1. The van der Waals surface area contributed by atoms with Gasteiger partial charge in [-0.2, -0.15) is 0 Å². The van der Waals surface area contributed by atoms with Crippen molar-refractivity contribution in [3.05, 3.63) is 40.1 Å². The number of aromatic hydroxyl groups is 5. The number of rotatable bonds is 13. The van der Waals surface area contributed by atoms with E-state index in [0.29, 0.717) is 12.0 Å². The van der Waals surface area contributed by atoms with E-state index >= 15 is 0 Å². The van der Waals surface area contributed by atoms with Crippen LogP contribution in [0.5, 0.6) is 28.7 Å². The third-order valence-electron chi connectivity index (χ3n) is 6.28. The van der Waals surface area contributed by atoms with Crippen LogP contribution in [-0.4, -0.2) is 37.2 Å². The van der Waals surface area contributed by atoms with Crippen molar-refractivity contribution in [1.29, 1.82) is 0 Å². The van der Waals surface area contributed by atoms with Crippen LogP contribution in [0.15, 0.2) is 33.5 Å². The largest absolute Gasteiger partial charge is 0.504 e. The van der Waals surface area contributed by atoms with Crippen LogP contribution in [0, 0.1) is 0 Å². The lowest BCUT2D eigenvalue weighted by Gasteiger charge is -2.12. The molecule has 1 heterocycles. The summed E-state index contributed by atoms with van der Waals surface area (Å²) in [7, 11) is 0. The van der Waals surface area contributed by atoms with Gasteiger partial charge in [0.25, 0.3) is 0 Å². The van der Waals surface area contributed by atoms with Crippen molar-refractivity contribution in [1.82, 2.24) is 0 Å². The van der Waals surface area contributed by atoms with Crippen molar-refractivity contribution in [3.63, 3.8) is 0 Å². The SMILES string of the molecule is O=c1c(O)c(-c2ccc(O)c(O)c2)oc2c(O)c(O)c(CCCCCCCCCCCCO)cc12. The maximum Gasteiger partial charge on any atom is 0.235 e. The molecule has 0 bridgehead atoms. The third-order valence-corrected chi connectivity index (χ3v) is 6.28. The molecule has 8 heteroatoms. The van der Waals surface area contributed by atoms with Crippen LogP contribution in [0.2, 0.25) is 0 Å². The number of hydrogen-bond acceptors (Lipinski definition) is 8. The molecule has 0 unspecified atom stereocenters. The Hall–Kier alpha value is -3.39. The first kappa shape index (κ1) is 26.2. The molecule has 0 aliphatic rings. The first-order valence-corrected chi connectivity index (χ1v) is 12.2. The number of phenols is 4. The average Bonchev–Trinajstić information content (AvgIpc) is 2.84. The maximum atomic E-state index is 12.8. The highest BCUT2D eigenvalue weighted by Gasteiger charge is 2.22. The number of benzene rings is 2. The second-order valence-corrected chi connectivity index (χ2v) is 8.93. The van der Waals surface area contributed by atoms with Crippen LogP contribution in [0.1, 0.15) is 69.8 Å². The topological polar surface area (TPSA) is 152 Å². The molecule has 0 saturated heterocycles. The van der Waals surface area contributed by atoms with E-state index in [0.717, 1.165) is 51.0 Å². The molecule has 2 aromatic carbocycles. The van der Waals surface area contributed by atoms with E-state index in [1.54, 1.807) is 0 Å². The van der Waals surface area contributed by atoms with E-state index in [9.17, 15) is 30.3 Å². The average molecular weight is 487 g/mol. The standard InChI is InChI=1S/C27H34O8/c28-14-10-8-6-4-2-1-3-5-7-9-11-17-15-19-23(32)25(34)26(35-27(19)24(33)22(17)31)18-12-13-20(29)21(30)16-18/h12-13,15-16,28-31,33-34H,1-11,14H2. The lowest BCUT2D eigenvalue weighted by Crippen LogP contribution is -2.04. The Kier molecular flexibility index (Phi) is 9.25. The minimum absolute atomic E-state index is 0.0549. The lowest BCUT2D eigenvalue weighted by molar-refractivity contribution is 0.282. The summed E-state index contributed by atoms with van der Waals surface area (Å²) in [6.45, 7) is 0.267. The van der Waals surface area contributed by atoms with Crippen molar-refractivity contribution >= 4 is 11.0 Å². The molecule has 3 aromatic rings. The van der Waals surface area contributed by atoms with Gasteiger partial charge in [-0.25, -0.2) is 0 Å². The predicted molar refractivity (Wildman–Crippen MR) is 133 cm³/mol. The Morgan fingerprint density at radius 3 is 1.86 bits per heavy atom. The van der Waals surface area contributed by atoms with Crippen LogP contribution in [0.3, 0.4) is 0 Å². The summed E-state index contributed by atoms with van der Waals surface area (Å²) in [5.74, 6) is -2.79. The maximum absolute atomic E-state index is 12.8. The summed E-state index contributed by atoms with van der Waals surface area (Å²) in [6.07, 6.45) is 11.0. The summed E-state index contributed by atoms with van der Waals surface area (Å²) >= 11 is 0. The van der Waals surface area contributed by atoms with Crippen molar-refractivity contribution in [2.24, 2.45) is 0 Å². The highest BCUT2D eigenvalue weighted by atomic mass is 16.4. The molecule has 0 spiro atoms. The minimum atomic E-state index is -0.774. The Morgan fingerprint density at radius 1 is 0.657 bits per heavy atom. The van der Waals surface area contributed by atoms with Crippen molar-refractivity contribution in [2.75, 3.05) is 6.61 Å². The fraction of sp³-hybridized carbons (Fsp3) is 0.444. The van der Waals surface area contributed by atoms with Gasteiger partial charge in [0, 0.05) is 12.2 Å². The molecular formula is C27H34O8. The first-order valence-electron chi connectivity index (χ1n) is 12.2. The van der Waals surface area contributed by atoms with E-state index < -0.39 is 22.7 Å². The Balaban J connectivity index is 1.65. The molecule has 0 aliphatic carbocycles. The van der Waals surface area contributed by atoms with E-state index in [1.807, 2.05) is 0 Å². The molecule has 0 amide bonds. The molecule has 0 radical (unpaired) electrons. The predicted octanol–water partition coefficient (Wildman–Crippen LogP) is 5.42. The summed E-state index contributed by atoms with van der Waals surface area (Å²) in [4.78, 5) is 12.8. The van der Waals surface area contributed by atoms with Gasteiger partial charge in [0.15, 0.2) is 28.6 Å². The number of aliphatic hydroxyl groups is 1. The zero-order valence-electron chi connectivity index (χ0n) is 19.8. The summed E-state index contributed by atoms with van der Waals surface area (Å²) in [5.41, 5.74) is -0.523. The van der Waals surface area contributed by atoms with Crippen LogP contribution < -0.4 is 5.43 Å². The van der Waals surface area contributed by atoms with Crippen LogP contribution in [0.4, 0.5) is 0 Å². The highest BCUT2D eigenvalue weighted by molar-refractivity contribution is 5.89. The van der Waals surface area contributed by atoms with Gasteiger partial charge in [-0.05, 0) is 49.1 Å². The third kappa shape index (κ3) is 6.39. The molecule has 35 heavy (non-hydrogen) atoms. The normalized spacial score (nSPS) is 11.3. The second kappa shape index (κ2) is 12.4. The van der Waals surface area contributed by atoms with E-state index in [2.05, 4.69) is 0 Å². The molecule has 6 N–H and O–H groups in total. The van der Waals surface area contributed by atoms with Gasteiger partial charge in [0.05, 0.1) is 5.39 Å². The minimum Gasteiger partial charge on any atom is -0.504 e. The summed E-state index contributed by atoms with van der Waals surface area (Å²) < 4.78 is 5.57. The number of unbranched alkanes of at least 4 members (excludes halogenated alkanes) is 9. The van der Waals surface area contributed by atoms with Crippen molar-refractivity contribution in [3.8, 4) is 40.1 Å². The quantitative estimate of drug-likeness (QED) is 0.138. The van der Waals surface area contributed by atoms with Crippen LogP contribution in [0.25, 0.3) is 22.3 Å². The van der Waals surface area contributed by atoms with Gasteiger partial charge in [0.2, 0.25) is 16.9 Å². The molecule has 0 atom stereocenters. The number of aryl methyl sites for hydroxylation is 1. The molecule has 190 valence electrons. The molecule has 3 rings (SSSR count). The number of phenolic OH excluding ortho intramolecular Hbond substituents is 4. The lowest BCUT2D eigenvalue weighted by atomic mass is 10.0. The smallest absolute Gasteiger partial charge is 0.235 e.